The number of pyridine rings is 1. The van der Waals surface area contributed by atoms with Gasteiger partial charge >= 0.3 is 0 Å². The molecule has 0 aliphatic heterocycles. The minimum absolute atomic E-state index is 0.0514. The largest absolute Gasteiger partial charge is 0.313 e. The highest BCUT2D eigenvalue weighted by molar-refractivity contribution is 6.29. The van der Waals surface area contributed by atoms with Crippen LogP contribution in [0, 0.1) is 6.92 Å². The molecule has 4 rings (SSSR count). The van der Waals surface area contributed by atoms with Gasteiger partial charge in [0.1, 0.15) is 5.69 Å². The Labute approximate surface area is 128 Å². The zero-order valence-corrected chi connectivity index (χ0v) is 12.5. The van der Waals surface area contributed by atoms with E-state index in [1.165, 1.54) is 5.56 Å². The number of fused-ring (bicyclic) bond motifs is 4. The molecule has 0 saturated carbocycles. The van der Waals surface area contributed by atoms with E-state index in [0.29, 0.717) is 22.4 Å². The summed E-state index contributed by atoms with van der Waals surface area (Å²) in [5.74, 6) is -0.123. The second kappa shape index (κ2) is 4.41. The molecular weight excluding hydrogens is 274 g/mol. The Hall–Kier alpha value is -2.68. The molecule has 22 heavy (non-hydrogen) atoms. The van der Waals surface area contributed by atoms with Gasteiger partial charge in [0.25, 0.3) is 0 Å². The summed E-state index contributed by atoms with van der Waals surface area (Å²) < 4.78 is 1.86. The predicted molar refractivity (Wildman–Crippen MR) is 84.8 cm³/mol. The molecule has 0 spiro atoms. The lowest BCUT2D eigenvalue weighted by Crippen LogP contribution is -2.21. The van der Waals surface area contributed by atoms with Gasteiger partial charge in [0.2, 0.25) is 5.78 Å². The Balaban J connectivity index is 2.11. The fourth-order valence-corrected chi connectivity index (χ4v) is 3.32. The molecular formula is C19H15NO2. The number of nitrogens with zero attached hydrogens (tertiary/aromatic N) is 1. The molecule has 1 aliphatic rings. The van der Waals surface area contributed by atoms with Gasteiger partial charge in [-0.2, -0.15) is 0 Å². The third kappa shape index (κ3) is 1.51. The Morgan fingerprint density at radius 1 is 1.00 bits per heavy atom. The van der Waals surface area contributed by atoms with E-state index in [1.807, 2.05) is 23.6 Å². The van der Waals surface area contributed by atoms with Crippen LogP contribution in [-0.2, 0) is 6.42 Å². The summed E-state index contributed by atoms with van der Waals surface area (Å²) in [6, 6.07) is 11.1. The summed E-state index contributed by atoms with van der Waals surface area (Å²) in [5.41, 5.74) is 5.09. The molecule has 3 nitrogen and oxygen atoms in total. The lowest BCUT2D eigenvalue weighted by Gasteiger charge is -2.15. The number of rotatable bonds is 1. The lowest BCUT2D eigenvalue weighted by molar-refractivity contribution is 0.0975. The van der Waals surface area contributed by atoms with Gasteiger partial charge in [-0.15, -0.1) is 0 Å². The van der Waals surface area contributed by atoms with Crippen LogP contribution < -0.4 is 0 Å². The van der Waals surface area contributed by atoms with Crippen LogP contribution in [0.25, 0.3) is 5.52 Å². The molecule has 0 fully saturated rings. The van der Waals surface area contributed by atoms with Gasteiger partial charge in [-0.3, -0.25) is 9.59 Å². The van der Waals surface area contributed by atoms with E-state index >= 15 is 0 Å². The van der Waals surface area contributed by atoms with Crippen molar-refractivity contribution in [2.24, 2.45) is 0 Å². The number of carbonyl (C=O) groups is 2. The van der Waals surface area contributed by atoms with Crippen molar-refractivity contribution >= 4 is 17.1 Å². The van der Waals surface area contributed by atoms with E-state index in [2.05, 4.69) is 13.0 Å². The van der Waals surface area contributed by atoms with E-state index in [9.17, 15) is 9.59 Å². The van der Waals surface area contributed by atoms with E-state index in [0.717, 1.165) is 17.5 Å². The molecule has 0 atom stereocenters. The summed E-state index contributed by atoms with van der Waals surface area (Å²) >= 11 is 0. The first-order valence-corrected chi connectivity index (χ1v) is 7.45. The molecule has 0 amide bonds. The highest BCUT2D eigenvalue weighted by Crippen LogP contribution is 2.33. The van der Waals surface area contributed by atoms with Crippen molar-refractivity contribution in [1.82, 2.24) is 4.40 Å². The Morgan fingerprint density at radius 3 is 2.36 bits per heavy atom. The molecule has 1 aliphatic carbocycles. The van der Waals surface area contributed by atoms with Crippen LogP contribution in [0.1, 0.15) is 50.0 Å². The molecule has 2 aromatic heterocycles. The second-order valence-electron chi connectivity index (χ2n) is 5.70. The van der Waals surface area contributed by atoms with Gasteiger partial charge in [0.15, 0.2) is 5.78 Å². The van der Waals surface area contributed by atoms with E-state index in [1.54, 1.807) is 24.3 Å². The first kappa shape index (κ1) is 13.0. The summed E-state index contributed by atoms with van der Waals surface area (Å²) in [6.45, 7) is 4.02. The zero-order valence-electron chi connectivity index (χ0n) is 12.5. The SMILES string of the molecule is CCc1ccn2c3c(c(C)c2c1)C(=O)c1ccccc1C3=O. The van der Waals surface area contributed by atoms with Gasteiger partial charge in [-0.05, 0) is 36.6 Å². The Morgan fingerprint density at radius 2 is 1.68 bits per heavy atom. The van der Waals surface area contributed by atoms with Crippen molar-refractivity contribution in [1.29, 1.82) is 0 Å². The van der Waals surface area contributed by atoms with Crippen molar-refractivity contribution < 1.29 is 9.59 Å². The van der Waals surface area contributed by atoms with Crippen molar-refractivity contribution in [3.8, 4) is 0 Å². The van der Waals surface area contributed by atoms with Gasteiger partial charge in [0, 0.05) is 22.8 Å². The van der Waals surface area contributed by atoms with Gasteiger partial charge < -0.3 is 4.40 Å². The summed E-state index contributed by atoms with van der Waals surface area (Å²) in [7, 11) is 0. The van der Waals surface area contributed by atoms with Crippen LogP contribution in [0.4, 0.5) is 0 Å². The maximum absolute atomic E-state index is 12.9. The predicted octanol–water partition coefficient (Wildman–Crippen LogP) is 3.59. The standard InChI is InChI=1S/C19H15NO2/c1-3-12-8-9-20-15(10-12)11(2)16-17(20)19(22)14-7-5-4-6-13(14)18(16)21/h4-10H,3H2,1-2H3. The van der Waals surface area contributed by atoms with Crippen LogP contribution in [-0.4, -0.2) is 16.0 Å². The smallest absolute Gasteiger partial charge is 0.211 e. The van der Waals surface area contributed by atoms with Gasteiger partial charge in [-0.25, -0.2) is 0 Å². The molecule has 0 bridgehead atoms. The Bertz CT molecular complexity index is 963. The zero-order chi connectivity index (χ0) is 15.4. The maximum Gasteiger partial charge on any atom is 0.211 e. The molecule has 2 heterocycles. The quantitative estimate of drug-likeness (QED) is 0.537. The second-order valence-corrected chi connectivity index (χ2v) is 5.70. The molecule has 1 aromatic carbocycles. The van der Waals surface area contributed by atoms with Crippen LogP contribution in [0.2, 0.25) is 0 Å². The Kier molecular flexibility index (Phi) is 2.61. The maximum atomic E-state index is 12.9. The number of ketones is 2. The first-order chi connectivity index (χ1) is 10.6. The number of hydrogen-bond donors (Lipinski definition) is 0. The van der Waals surface area contributed by atoms with Crippen molar-refractivity contribution in [3.63, 3.8) is 0 Å². The number of aromatic nitrogens is 1. The number of carbonyl (C=O) groups excluding carboxylic acids is 2. The fraction of sp³-hybridized carbons (Fsp3) is 0.158. The van der Waals surface area contributed by atoms with Crippen LogP contribution in [0.3, 0.4) is 0 Å². The van der Waals surface area contributed by atoms with Gasteiger partial charge in [-0.1, -0.05) is 31.2 Å². The average Bonchev–Trinajstić information content (AvgIpc) is 2.85. The topological polar surface area (TPSA) is 38.5 Å². The molecule has 108 valence electrons. The van der Waals surface area contributed by atoms with E-state index in [4.69, 9.17) is 0 Å². The summed E-state index contributed by atoms with van der Waals surface area (Å²) in [4.78, 5) is 25.7. The van der Waals surface area contributed by atoms with Crippen molar-refractivity contribution in [2.75, 3.05) is 0 Å². The minimum atomic E-state index is -0.0717. The van der Waals surface area contributed by atoms with E-state index < -0.39 is 0 Å². The highest BCUT2D eigenvalue weighted by Gasteiger charge is 2.34. The number of hydrogen-bond acceptors (Lipinski definition) is 2. The van der Waals surface area contributed by atoms with Crippen LogP contribution in [0.15, 0.2) is 42.6 Å². The molecule has 0 unspecified atom stereocenters. The first-order valence-electron chi connectivity index (χ1n) is 7.45. The van der Waals surface area contributed by atoms with E-state index in [-0.39, 0.29) is 11.6 Å². The number of benzene rings is 1. The molecule has 0 radical (unpaired) electrons. The van der Waals surface area contributed by atoms with Crippen molar-refractivity contribution in [2.45, 2.75) is 20.3 Å². The summed E-state index contributed by atoms with van der Waals surface area (Å²) in [6.07, 6.45) is 2.83. The van der Waals surface area contributed by atoms with Crippen molar-refractivity contribution in [3.05, 3.63) is 76.1 Å². The third-order valence-electron chi connectivity index (χ3n) is 4.52. The molecule has 3 aromatic rings. The fourth-order valence-electron chi connectivity index (χ4n) is 3.32. The summed E-state index contributed by atoms with van der Waals surface area (Å²) in [5, 5.41) is 0. The number of aryl methyl sites for hydroxylation is 2. The minimum Gasteiger partial charge on any atom is -0.313 e. The lowest BCUT2D eigenvalue weighted by atomic mass is 9.86. The van der Waals surface area contributed by atoms with Crippen LogP contribution in [0.5, 0.6) is 0 Å². The average molecular weight is 289 g/mol. The molecule has 3 heteroatoms. The normalized spacial score (nSPS) is 13.4. The third-order valence-corrected chi connectivity index (χ3v) is 4.52. The molecule has 0 N–H and O–H groups in total. The molecule has 0 saturated heterocycles. The highest BCUT2D eigenvalue weighted by atomic mass is 16.1. The van der Waals surface area contributed by atoms with Gasteiger partial charge in [0.05, 0.1) is 5.56 Å². The van der Waals surface area contributed by atoms with Crippen LogP contribution >= 0.6 is 0 Å². The monoisotopic (exact) mass is 289 g/mol.